The van der Waals surface area contributed by atoms with Gasteiger partial charge in [0.25, 0.3) is 11.5 Å². The Labute approximate surface area is 167 Å². The van der Waals surface area contributed by atoms with Gasteiger partial charge in [0.15, 0.2) is 5.76 Å². The summed E-state index contributed by atoms with van der Waals surface area (Å²) < 4.78 is 45.0. The summed E-state index contributed by atoms with van der Waals surface area (Å²) in [6.07, 6.45) is -3.17. The lowest BCUT2D eigenvalue weighted by Gasteiger charge is -2.25. The van der Waals surface area contributed by atoms with Crippen molar-refractivity contribution >= 4 is 23.2 Å². The molecule has 2 heterocycles. The number of rotatable bonds is 4. The van der Waals surface area contributed by atoms with Crippen molar-refractivity contribution < 1.29 is 22.4 Å². The number of amides is 1. The van der Waals surface area contributed by atoms with E-state index in [0.29, 0.717) is 11.5 Å². The predicted molar refractivity (Wildman–Crippen MR) is 101 cm³/mol. The molecular formula is C19H15ClF3N3O3. The SMILES string of the molecule is CC(C)(C(=O)Nc1cc(C(F)(F)F)ccc1Cl)n1nc(-c2ccco2)ccc1=O. The Balaban J connectivity index is 1.96. The highest BCUT2D eigenvalue weighted by molar-refractivity contribution is 6.33. The smallest absolute Gasteiger partial charge is 0.416 e. The maximum atomic E-state index is 12.9. The van der Waals surface area contributed by atoms with Gasteiger partial charge in [-0.2, -0.15) is 18.3 Å². The molecule has 1 aromatic carbocycles. The molecule has 0 saturated carbocycles. The summed E-state index contributed by atoms with van der Waals surface area (Å²) in [7, 11) is 0. The molecule has 0 saturated heterocycles. The molecule has 0 spiro atoms. The summed E-state index contributed by atoms with van der Waals surface area (Å²) in [5.74, 6) is -0.388. The zero-order chi connectivity index (χ0) is 21.4. The van der Waals surface area contributed by atoms with E-state index in [4.69, 9.17) is 16.0 Å². The Bertz CT molecular complexity index is 1110. The summed E-state index contributed by atoms with van der Waals surface area (Å²) in [6, 6.07) is 8.50. The Morgan fingerprint density at radius 3 is 2.52 bits per heavy atom. The van der Waals surface area contributed by atoms with Gasteiger partial charge in [0.1, 0.15) is 11.2 Å². The fraction of sp³-hybridized carbons (Fsp3) is 0.211. The maximum absolute atomic E-state index is 12.9. The molecule has 1 N–H and O–H groups in total. The van der Waals surface area contributed by atoms with E-state index < -0.39 is 28.7 Å². The van der Waals surface area contributed by atoms with Crippen LogP contribution in [0, 0.1) is 0 Å². The van der Waals surface area contributed by atoms with Gasteiger partial charge < -0.3 is 9.73 Å². The first kappa shape index (κ1) is 20.7. The Kier molecular flexibility index (Phi) is 5.27. The first-order chi connectivity index (χ1) is 13.5. The van der Waals surface area contributed by atoms with Gasteiger partial charge in [-0.05, 0) is 50.2 Å². The second-order valence-electron chi connectivity index (χ2n) is 6.65. The number of carbonyl (C=O) groups is 1. The van der Waals surface area contributed by atoms with Crippen LogP contribution >= 0.6 is 11.6 Å². The number of halogens is 4. The molecule has 0 fully saturated rings. The number of benzene rings is 1. The van der Waals surface area contributed by atoms with Crippen LogP contribution in [0.15, 0.2) is 57.9 Å². The molecule has 2 aromatic heterocycles. The highest BCUT2D eigenvalue weighted by Crippen LogP contribution is 2.34. The first-order valence-electron chi connectivity index (χ1n) is 8.33. The summed E-state index contributed by atoms with van der Waals surface area (Å²) in [5.41, 5.74) is -3.00. The summed E-state index contributed by atoms with van der Waals surface area (Å²) in [6.45, 7) is 2.81. The van der Waals surface area contributed by atoms with E-state index in [1.165, 1.54) is 32.2 Å². The van der Waals surface area contributed by atoms with Crippen LogP contribution in [0.3, 0.4) is 0 Å². The molecule has 10 heteroatoms. The fourth-order valence-electron chi connectivity index (χ4n) is 2.54. The number of hydrogen-bond donors (Lipinski definition) is 1. The Morgan fingerprint density at radius 2 is 1.90 bits per heavy atom. The number of hydrogen-bond acceptors (Lipinski definition) is 4. The molecule has 29 heavy (non-hydrogen) atoms. The monoisotopic (exact) mass is 425 g/mol. The minimum Gasteiger partial charge on any atom is -0.463 e. The van der Waals surface area contributed by atoms with Crippen molar-refractivity contribution in [3.05, 3.63) is 69.7 Å². The average molecular weight is 426 g/mol. The van der Waals surface area contributed by atoms with E-state index in [9.17, 15) is 22.8 Å². The third-order valence-electron chi connectivity index (χ3n) is 4.20. The molecule has 3 rings (SSSR count). The van der Waals surface area contributed by atoms with Gasteiger partial charge in [-0.3, -0.25) is 9.59 Å². The molecule has 0 unspecified atom stereocenters. The van der Waals surface area contributed by atoms with E-state index in [0.717, 1.165) is 22.9 Å². The predicted octanol–water partition coefficient (Wildman–Crippen LogP) is 4.55. The highest BCUT2D eigenvalue weighted by Gasteiger charge is 2.34. The fourth-order valence-corrected chi connectivity index (χ4v) is 2.70. The van der Waals surface area contributed by atoms with Crippen molar-refractivity contribution in [2.75, 3.05) is 5.32 Å². The van der Waals surface area contributed by atoms with Crippen molar-refractivity contribution in [1.29, 1.82) is 0 Å². The summed E-state index contributed by atoms with van der Waals surface area (Å²) in [5, 5.41) is 6.44. The van der Waals surface area contributed by atoms with Crippen molar-refractivity contribution in [2.45, 2.75) is 25.6 Å². The number of aromatic nitrogens is 2. The van der Waals surface area contributed by atoms with Crippen molar-refractivity contribution in [3.8, 4) is 11.5 Å². The number of anilines is 1. The molecule has 0 aliphatic heterocycles. The minimum absolute atomic E-state index is 0.0770. The van der Waals surface area contributed by atoms with Crippen LogP contribution in [0.2, 0.25) is 5.02 Å². The second-order valence-corrected chi connectivity index (χ2v) is 7.06. The van der Waals surface area contributed by atoms with Crippen LogP contribution in [0.5, 0.6) is 0 Å². The van der Waals surface area contributed by atoms with E-state index in [-0.39, 0.29) is 10.7 Å². The summed E-state index contributed by atoms with van der Waals surface area (Å²) in [4.78, 5) is 25.1. The van der Waals surface area contributed by atoms with Gasteiger partial charge in [-0.1, -0.05) is 11.6 Å². The lowest BCUT2D eigenvalue weighted by atomic mass is 10.0. The van der Waals surface area contributed by atoms with Gasteiger partial charge in [-0.15, -0.1) is 0 Å². The first-order valence-corrected chi connectivity index (χ1v) is 8.71. The van der Waals surface area contributed by atoms with Gasteiger partial charge in [0.2, 0.25) is 0 Å². The van der Waals surface area contributed by atoms with Crippen LogP contribution in [0.4, 0.5) is 18.9 Å². The normalized spacial score (nSPS) is 12.1. The number of carbonyl (C=O) groups excluding carboxylic acids is 1. The van der Waals surface area contributed by atoms with E-state index in [1.807, 2.05) is 0 Å². The van der Waals surface area contributed by atoms with Crippen molar-refractivity contribution in [1.82, 2.24) is 9.78 Å². The molecule has 0 aliphatic rings. The molecule has 1 amide bonds. The molecule has 0 bridgehead atoms. The largest absolute Gasteiger partial charge is 0.463 e. The van der Waals surface area contributed by atoms with Gasteiger partial charge in [0.05, 0.1) is 22.5 Å². The third-order valence-corrected chi connectivity index (χ3v) is 4.53. The van der Waals surface area contributed by atoms with Gasteiger partial charge in [-0.25, -0.2) is 4.68 Å². The van der Waals surface area contributed by atoms with E-state index in [2.05, 4.69) is 10.4 Å². The van der Waals surface area contributed by atoms with Crippen LogP contribution in [-0.4, -0.2) is 15.7 Å². The lowest BCUT2D eigenvalue weighted by Crippen LogP contribution is -2.47. The number of nitrogens with one attached hydrogen (secondary N) is 1. The third kappa shape index (κ3) is 4.19. The topological polar surface area (TPSA) is 77.1 Å². The Morgan fingerprint density at radius 1 is 1.17 bits per heavy atom. The molecule has 0 atom stereocenters. The van der Waals surface area contributed by atoms with Crippen molar-refractivity contribution in [3.63, 3.8) is 0 Å². The molecule has 0 radical (unpaired) electrons. The quantitative estimate of drug-likeness (QED) is 0.665. The summed E-state index contributed by atoms with van der Waals surface area (Å²) >= 11 is 5.93. The number of nitrogens with zero attached hydrogens (tertiary/aromatic N) is 2. The molecular weight excluding hydrogens is 411 g/mol. The average Bonchev–Trinajstić information content (AvgIpc) is 3.17. The van der Waals surface area contributed by atoms with Crippen LogP contribution in [0.1, 0.15) is 19.4 Å². The maximum Gasteiger partial charge on any atom is 0.416 e. The van der Waals surface area contributed by atoms with Crippen LogP contribution in [-0.2, 0) is 16.5 Å². The zero-order valence-electron chi connectivity index (χ0n) is 15.2. The van der Waals surface area contributed by atoms with Gasteiger partial charge >= 0.3 is 6.18 Å². The van der Waals surface area contributed by atoms with Crippen molar-refractivity contribution in [2.24, 2.45) is 0 Å². The number of alkyl halides is 3. The Hall–Kier alpha value is -3.07. The van der Waals surface area contributed by atoms with Crippen LogP contribution in [0.25, 0.3) is 11.5 Å². The molecule has 0 aliphatic carbocycles. The molecule has 3 aromatic rings. The lowest BCUT2D eigenvalue weighted by molar-refractivity contribution is -0.137. The molecule has 6 nitrogen and oxygen atoms in total. The number of furan rings is 1. The standard InChI is InChI=1S/C19H15ClF3N3O3/c1-18(2,26-16(27)8-7-13(25-26)15-4-3-9-29-15)17(28)24-14-10-11(19(21,22)23)5-6-12(14)20/h3-10H,1-2H3,(H,24,28). The van der Waals surface area contributed by atoms with E-state index >= 15 is 0 Å². The van der Waals surface area contributed by atoms with Crippen LogP contribution < -0.4 is 10.9 Å². The van der Waals surface area contributed by atoms with Gasteiger partial charge in [0, 0.05) is 6.07 Å². The zero-order valence-corrected chi connectivity index (χ0v) is 16.0. The highest BCUT2D eigenvalue weighted by atomic mass is 35.5. The minimum atomic E-state index is -4.60. The van der Waals surface area contributed by atoms with E-state index in [1.54, 1.807) is 12.1 Å². The second kappa shape index (κ2) is 7.40. The molecule has 152 valence electrons.